The van der Waals surface area contributed by atoms with Crippen LogP contribution in [0.4, 0.5) is 11.4 Å². The van der Waals surface area contributed by atoms with Gasteiger partial charge in [-0.15, -0.1) is 0 Å². The van der Waals surface area contributed by atoms with E-state index in [1.165, 1.54) is 0 Å². The van der Waals surface area contributed by atoms with Gasteiger partial charge in [0.15, 0.2) is 0 Å². The molecule has 0 aliphatic heterocycles. The van der Waals surface area contributed by atoms with E-state index in [0.29, 0.717) is 17.3 Å². The van der Waals surface area contributed by atoms with E-state index in [2.05, 4.69) is 11.8 Å². The van der Waals surface area contributed by atoms with E-state index in [1.54, 1.807) is 13.2 Å². The van der Waals surface area contributed by atoms with E-state index in [-0.39, 0.29) is 6.04 Å². The van der Waals surface area contributed by atoms with Crippen LogP contribution in [0.3, 0.4) is 0 Å². The molecule has 0 aliphatic carbocycles. The third-order valence-corrected chi connectivity index (χ3v) is 2.72. The summed E-state index contributed by atoms with van der Waals surface area (Å²) in [5, 5.41) is 0.667. The molecular formula is C11H17ClN2O. The van der Waals surface area contributed by atoms with Gasteiger partial charge in [0.2, 0.25) is 0 Å². The Morgan fingerprint density at radius 1 is 1.53 bits per heavy atom. The van der Waals surface area contributed by atoms with Crippen LogP contribution in [0.2, 0.25) is 5.02 Å². The van der Waals surface area contributed by atoms with Crippen LogP contribution in [0.15, 0.2) is 18.2 Å². The van der Waals surface area contributed by atoms with Crippen LogP contribution < -0.4 is 10.6 Å². The Kier molecular flexibility index (Phi) is 4.24. The maximum Gasteiger partial charge on any atom is 0.0663 e. The number of halogens is 1. The summed E-state index contributed by atoms with van der Waals surface area (Å²) >= 11 is 6.11. The minimum atomic E-state index is 0.274. The molecule has 1 aromatic rings. The first-order chi connectivity index (χ1) is 7.06. The molecule has 1 unspecified atom stereocenters. The highest BCUT2D eigenvalue weighted by Crippen LogP contribution is 2.28. The van der Waals surface area contributed by atoms with Crippen molar-refractivity contribution in [3.8, 4) is 0 Å². The van der Waals surface area contributed by atoms with Gasteiger partial charge in [0.1, 0.15) is 0 Å². The summed E-state index contributed by atoms with van der Waals surface area (Å²) in [5.74, 6) is 0. The zero-order valence-corrected chi connectivity index (χ0v) is 10.1. The fourth-order valence-corrected chi connectivity index (χ4v) is 1.72. The van der Waals surface area contributed by atoms with E-state index in [9.17, 15) is 0 Å². The van der Waals surface area contributed by atoms with Crippen LogP contribution in [0.25, 0.3) is 0 Å². The van der Waals surface area contributed by atoms with Gasteiger partial charge in [-0.3, -0.25) is 0 Å². The van der Waals surface area contributed by atoms with Gasteiger partial charge >= 0.3 is 0 Å². The fraction of sp³-hybridized carbons (Fsp3) is 0.455. The van der Waals surface area contributed by atoms with Crippen molar-refractivity contribution >= 4 is 23.0 Å². The zero-order valence-electron chi connectivity index (χ0n) is 9.33. The number of ether oxygens (including phenoxy) is 1. The summed E-state index contributed by atoms with van der Waals surface area (Å²) in [6.07, 6.45) is 0. The van der Waals surface area contributed by atoms with E-state index >= 15 is 0 Å². The van der Waals surface area contributed by atoms with E-state index < -0.39 is 0 Å². The lowest BCUT2D eigenvalue weighted by molar-refractivity contribution is 0.183. The Morgan fingerprint density at radius 3 is 2.73 bits per heavy atom. The average molecular weight is 229 g/mol. The minimum absolute atomic E-state index is 0.274. The van der Waals surface area contributed by atoms with Gasteiger partial charge in [-0.2, -0.15) is 0 Å². The van der Waals surface area contributed by atoms with Gasteiger partial charge in [-0.1, -0.05) is 11.6 Å². The quantitative estimate of drug-likeness (QED) is 0.805. The number of nitrogens with zero attached hydrogens (tertiary/aromatic N) is 1. The number of nitrogen functional groups attached to an aromatic ring is 1. The topological polar surface area (TPSA) is 38.5 Å². The van der Waals surface area contributed by atoms with Crippen LogP contribution in [-0.4, -0.2) is 26.8 Å². The second-order valence-electron chi connectivity index (χ2n) is 3.63. The largest absolute Gasteiger partial charge is 0.399 e. The molecule has 0 fully saturated rings. The van der Waals surface area contributed by atoms with Gasteiger partial charge < -0.3 is 15.4 Å². The third-order valence-electron chi connectivity index (χ3n) is 2.42. The maximum atomic E-state index is 6.11. The van der Waals surface area contributed by atoms with Gasteiger partial charge in [0, 0.05) is 25.9 Å². The molecule has 1 rings (SSSR count). The zero-order chi connectivity index (χ0) is 11.4. The van der Waals surface area contributed by atoms with E-state index in [1.807, 2.05) is 19.2 Å². The molecule has 1 atom stereocenters. The van der Waals surface area contributed by atoms with Crippen LogP contribution in [0.5, 0.6) is 0 Å². The van der Waals surface area contributed by atoms with E-state index in [4.69, 9.17) is 22.1 Å². The molecule has 0 amide bonds. The first kappa shape index (κ1) is 12.1. The number of methoxy groups -OCH3 is 1. The van der Waals surface area contributed by atoms with Crippen molar-refractivity contribution in [2.45, 2.75) is 13.0 Å². The highest BCUT2D eigenvalue weighted by Gasteiger charge is 2.12. The number of anilines is 2. The van der Waals surface area contributed by atoms with Crippen molar-refractivity contribution in [1.29, 1.82) is 0 Å². The Morgan fingerprint density at radius 2 is 2.20 bits per heavy atom. The summed E-state index contributed by atoms with van der Waals surface area (Å²) in [4.78, 5) is 2.07. The summed E-state index contributed by atoms with van der Waals surface area (Å²) in [6.45, 7) is 2.74. The molecule has 4 heteroatoms. The molecule has 0 saturated carbocycles. The Balaban J connectivity index is 2.86. The number of likely N-dealkylation sites (N-methyl/N-ethyl adjacent to an activating group) is 1. The third kappa shape index (κ3) is 3.01. The molecular weight excluding hydrogens is 212 g/mol. The number of hydrogen-bond donors (Lipinski definition) is 1. The molecule has 2 N–H and O–H groups in total. The molecule has 0 spiro atoms. The second kappa shape index (κ2) is 5.24. The fourth-order valence-electron chi connectivity index (χ4n) is 1.40. The highest BCUT2D eigenvalue weighted by molar-refractivity contribution is 6.33. The molecule has 0 saturated heterocycles. The molecule has 0 bridgehead atoms. The number of hydrogen-bond acceptors (Lipinski definition) is 3. The van der Waals surface area contributed by atoms with Crippen molar-refractivity contribution in [2.75, 3.05) is 31.4 Å². The van der Waals surface area contributed by atoms with Crippen LogP contribution in [-0.2, 0) is 4.74 Å². The summed E-state index contributed by atoms with van der Waals surface area (Å²) in [7, 11) is 3.68. The first-order valence-electron chi connectivity index (χ1n) is 4.83. The number of rotatable bonds is 4. The monoisotopic (exact) mass is 228 g/mol. The Labute approximate surface area is 95.8 Å². The van der Waals surface area contributed by atoms with E-state index in [0.717, 1.165) is 5.69 Å². The summed E-state index contributed by atoms with van der Waals surface area (Å²) in [6, 6.07) is 5.80. The lowest BCUT2D eigenvalue weighted by Crippen LogP contribution is -2.32. The molecule has 15 heavy (non-hydrogen) atoms. The molecule has 0 aromatic heterocycles. The number of nitrogens with two attached hydrogens (primary N) is 1. The van der Waals surface area contributed by atoms with Gasteiger partial charge in [-0.25, -0.2) is 0 Å². The maximum absolute atomic E-state index is 6.11. The van der Waals surface area contributed by atoms with Crippen molar-refractivity contribution in [3.63, 3.8) is 0 Å². The Bertz CT molecular complexity index is 330. The van der Waals surface area contributed by atoms with Crippen molar-refractivity contribution < 1.29 is 4.74 Å². The van der Waals surface area contributed by atoms with Crippen LogP contribution in [0.1, 0.15) is 6.92 Å². The summed E-state index contributed by atoms with van der Waals surface area (Å²) < 4.78 is 5.10. The standard InChI is InChI=1S/C11H17ClN2O/c1-8(7-15-3)14(2)11-5-4-9(13)6-10(11)12/h4-6,8H,7,13H2,1-3H3. The average Bonchev–Trinajstić information content (AvgIpc) is 2.17. The lowest BCUT2D eigenvalue weighted by atomic mass is 10.2. The lowest BCUT2D eigenvalue weighted by Gasteiger charge is -2.27. The molecule has 0 radical (unpaired) electrons. The molecule has 3 nitrogen and oxygen atoms in total. The SMILES string of the molecule is COCC(C)N(C)c1ccc(N)cc1Cl. The van der Waals surface area contributed by atoms with Crippen LogP contribution in [0, 0.1) is 0 Å². The molecule has 1 aromatic carbocycles. The molecule has 84 valence electrons. The summed E-state index contributed by atoms with van der Waals surface area (Å²) in [5.41, 5.74) is 7.28. The minimum Gasteiger partial charge on any atom is -0.399 e. The van der Waals surface area contributed by atoms with Crippen LogP contribution >= 0.6 is 11.6 Å². The van der Waals surface area contributed by atoms with Crippen molar-refractivity contribution in [2.24, 2.45) is 0 Å². The predicted molar refractivity (Wildman–Crippen MR) is 65.6 cm³/mol. The van der Waals surface area contributed by atoms with Crippen molar-refractivity contribution in [1.82, 2.24) is 0 Å². The van der Waals surface area contributed by atoms with Crippen molar-refractivity contribution in [3.05, 3.63) is 23.2 Å². The number of benzene rings is 1. The molecule has 0 aliphatic rings. The van der Waals surface area contributed by atoms with Gasteiger partial charge in [0.25, 0.3) is 0 Å². The predicted octanol–water partition coefficient (Wildman–Crippen LogP) is 2.39. The highest BCUT2D eigenvalue weighted by atomic mass is 35.5. The molecule has 0 heterocycles. The Hall–Kier alpha value is -0.930. The van der Waals surface area contributed by atoms with Gasteiger partial charge in [0.05, 0.1) is 17.3 Å². The smallest absolute Gasteiger partial charge is 0.0663 e. The van der Waals surface area contributed by atoms with Gasteiger partial charge in [-0.05, 0) is 25.1 Å². The normalized spacial score (nSPS) is 12.5. The second-order valence-corrected chi connectivity index (χ2v) is 4.03. The first-order valence-corrected chi connectivity index (χ1v) is 5.21.